The Morgan fingerprint density at radius 2 is 1.88 bits per heavy atom. The number of benzene rings is 2. The van der Waals surface area contributed by atoms with Crippen LogP contribution >= 0.6 is 0 Å². The first-order chi connectivity index (χ1) is 11.9. The molecule has 0 unspecified atom stereocenters. The lowest BCUT2D eigenvalue weighted by atomic mass is 10.1. The largest absolute Gasteiger partial charge is 0.380 e. The van der Waals surface area contributed by atoms with Crippen molar-refractivity contribution in [2.24, 2.45) is 0 Å². The minimum absolute atomic E-state index is 0.137. The van der Waals surface area contributed by atoms with Crippen molar-refractivity contribution >= 4 is 6.03 Å². The number of urea groups is 1. The minimum atomic E-state index is -0.607. The molecule has 2 amide bonds. The van der Waals surface area contributed by atoms with Crippen LogP contribution in [0.3, 0.4) is 0 Å². The molecule has 0 heterocycles. The number of carbonyl (C=O) groups is 1. The maximum absolute atomic E-state index is 13.9. The van der Waals surface area contributed by atoms with Crippen molar-refractivity contribution in [3.8, 4) is 0 Å². The van der Waals surface area contributed by atoms with E-state index < -0.39 is 17.7 Å². The van der Waals surface area contributed by atoms with Crippen LogP contribution in [0, 0.1) is 11.6 Å². The van der Waals surface area contributed by atoms with Gasteiger partial charge in [0.25, 0.3) is 0 Å². The van der Waals surface area contributed by atoms with Crippen LogP contribution < -0.4 is 5.32 Å². The maximum Gasteiger partial charge on any atom is 0.317 e. The molecule has 0 aliphatic carbocycles. The minimum Gasteiger partial charge on any atom is -0.380 e. The van der Waals surface area contributed by atoms with Crippen molar-refractivity contribution in [1.29, 1.82) is 0 Å². The highest BCUT2D eigenvalue weighted by molar-refractivity contribution is 5.74. The number of hydrogen-bond acceptors (Lipinski definition) is 2. The van der Waals surface area contributed by atoms with Crippen LogP contribution in [0.1, 0.15) is 29.7 Å². The molecule has 134 valence electrons. The van der Waals surface area contributed by atoms with Gasteiger partial charge in [-0.15, -0.1) is 0 Å². The summed E-state index contributed by atoms with van der Waals surface area (Å²) < 4.78 is 32.4. The van der Waals surface area contributed by atoms with Gasteiger partial charge in [0.1, 0.15) is 11.6 Å². The molecule has 0 aliphatic rings. The van der Waals surface area contributed by atoms with Gasteiger partial charge < -0.3 is 15.0 Å². The zero-order valence-corrected chi connectivity index (χ0v) is 14.6. The number of nitrogens with zero attached hydrogens (tertiary/aromatic N) is 1. The third-order valence-electron chi connectivity index (χ3n) is 4.16. The summed E-state index contributed by atoms with van der Waals surface area (Å²) in [6.45, 7) is 2.42. The van der Waals surface area contributed by atoms with E-state index in [2.05, 4.69) is 5.32 Å². The average molecular weight is 348 g/mol. The Hall–Kier alpha value is -2.47. The fourth-order valence-corrected chi connectivity index (χ4v) is 2.54. The molecule has 0 spiro atoms. The van der Waals surface area contributed by atoms with E-state index in [9.17, 15) is 13.6 Å². The summed E-state index contributed by atoms with van der Waals surface area (Å²) >= 11 is 0. The third-order valence-corrected chi connectivity index (χ3v) is 4.16. The molecule has 0 saturated heterocycles. The van der Waals surface area contributed by atoms with Gasteiger partial charge in [-0.05, 0) is 36.2 Å². The zero-order valence-electron chi connectivity index (χ0n) is 14.6. The Kier molecular flexibility index (Phi) is 6.47. The van der Waals surface area contributed by atoms with Gasteiger partial charge >= 0.3 is 6.03 Å². The number of carbonyl (C=O) groups excluding carboxylic acids is 1. The van der Waals surface area contributed by atoms with Crippen molar-refractivity contribution in [3.05, 3.63) is 70.8 Å². The van der Waals surface area contributed by atoms with Crippen LogP contribution in [0.25, 0.3) is 0 Å². The molecule has 0 aromatic heterocycles. The van der Waals surface area contributed by atoms with Crippen LogP contribution in [-0.2, 0) is 17.9 Å². The quantitative estimate of drug-likeness (QED) is 0.857. The first-order valence-corrected chi connectivity index (χ1v) is 7.95. The number of nitrogens with one attached hydrogen (secondary N) is 1. The summed E-state index contributed by atoms with van der Waals surface area (Å²) in [6.07, 6.45) is 0. The van der Waals surface area contributed by atoms with Crippen molar-refractivity contribution < 1.29 is 18.3 Å². The molecule has 0 aliphatic heterocycles. The predicted molar refractivity (Wildman–Crippen MR) is 91.9 cm³/mol. The highest BCUT2D eigenvalue weighted by atomic mass is 19.1. The van der Waals surface area contributed by atoms with Crippen LogP contribution in [0.5, 0.6) is 0 Å². The second-order valence-electron chi connectivity index (χ2n) is 5.81. The second kappa shape index (κ2) is 8.58. The monoisotopic (exact) mass is 348 g/mol. The van der Waals surface area contributed by atoms with Gasteiger partial charge in [0.2, 0.25) is 0 Å². The number of halogens is 2. The molecule has 25 heavy (non-hydrogen) atoms. The molecule has 0 saturated carbocycles. The lowest BCUT2D eigenvalue weighted by Crippen LogP contribution is -2.38. The number of hydrogen-bond donors (Lipinski definition) is 1. The van der Waals surface area contributed by atoms with Crippen molar-refractivity contribution in [1.82, 2.24) is 10.2 Å². The molecule has 6 heteroatoms. The number of methoxy groups -OCH3 is 1. The Morgan fingerprint density at radius 1 is 1.20 bits per heavy atom. The Balaban J connectivity index is 2.04. The second-order valence-corrected chi connectivity index (χ2v) is 5.81. The highest BCUT2D eigenvalue weighted by Crippen LogP contribution is 2.23. The Labute approximate surface area is 146 Å². The molecule has 1 N–H and O–H groups in total. The van der Waals surface area contributed by atoms with E-state index in [0.717, 1.165) is 29.3 Å². The van der Waals surface area contributed by atoms with Crippen molar-refractivity contribution in [2.75, 3.05) is 14.2 Å². The molecule has 2 rings (SSSR count). The summed E-state index contributed by atoms with van der Waals surface area (Å²) in [5, 5.41) is 2.80. The van der Waals surface area contributed by atoms with E-state index in [1.165, 1.54) is 4.90 Å². The van der Waals surface area contributed by atoms with Crippen LogP contribution in [-0.4, -0.2) is 25.1 Å². The molecular weight excluding hydrogens is 326 g/mol. The van der Waals surface area contributed by atoms with Crippen LogP contribution in [0.15, 0.2) is 42.5 Å². The standard InChI is InChI=1S/C19H22F2N2O2/c1-13(17-10-16(20)8-9-18(17)21)23(2)19(24)22-11-14-6-4-5-7-15(14)12-25-3/h4-10,13H,11-12H2,1-3H3,(H,22,24)/t13-/m0/s1. The molecular formula is C19H22F2N2O2. The fourth-order valence-electron chi connectivity index (χ4n) is 2.54. The Bertz CT molecular complexity index is 737. The topological polar surface area (TPSA) is 41.6 Å². The number of rotatable bonds is 6. The molecule has 2 aromatic rings. The highest BCUT2D eigenvalue weighted by Gasteiger charge is 2.20. The predicted octanol–water partition coefficient (Wildman–Crippen LogP) is 4.01. The number of ether oxygens (including phenoxy) is 1. The lowest BCUT2D eigenvalue weighted by Gasteiger charge is -2.26. The maximum atomic E-state index is 13.9. The van der Waals surface area contributed by atoms with E-state index in [0.29, 0.717) is 13.2 Å². The fraction of sp³-hybridized carbons (Fsp3) is 0.316. The molecule has 1 atom stereocenters. The summed E-state index contributed by atoms with van der Waals surface area (Å²) in [6, 6.07) is 9.87. The molecule has 0 bridgehead atoms. The van der Waals surface area contributed by atoms with Gasteiger partial charge in [-0.1, -0.05) is 24.3 Å². The van der Waals surface area contributed by atoms with Crippen LogP contribution in [0.2, 0.25) is 0 Å². The zero-order chi connectivity index (χ0) is 18.4. The molecule has 2 aromatic carbocycles. The summed E-state index contributed by atoms with van der Waals surface area (Å²) in [4.78, 5) is 13.7. The molecule has 0 fully saturated rings. The number of amides is 2. The van der Waals surface area contributed by atoms with E-state index in [-0.39, 0.29) is 11.6 Å². The SMILES string of the molecule is COCc1ccccc1CNC(=O)N(C)[C@@H](C)c1cc(F)ccc1F. The average Bonchev–Trinajstić information content (AvgIpc) is 2.61. The first kappa shape index (κ1) is 18.9. The molecule has 0 radical (unpaired) electrons. The van der Waals surface area contributed by atoms with E-state index in [1.54, 1.807) is 21.1 Å². The van der Waals surface area contributed by atoms with Gasteiger partial charge in [-0.2, -0.15) is 0 Å². The summed E-state index contributed by atoms with van der Waals surface area (Å²) in [7, 11) is 3.16. The van der Waals surface area contributed by atoms with Gasteiger partial charge in [-0.3, -0.25) is 0 Å². The van der Waals surface area contributed by atoms with E-state index >= 15 is 0 Å². The van der Waals surface area contributed by atoms with Gasteiger partial charge in [-0.25, -0.2) is 13.6 Å². The van der Waals surface area contributed by atoms with E-state index in [4.69, 9.17) is 4.74 Å². The smallest absolute Gasteiger partial charge is 0.317 e. The van der Waals surface area contributed by atoms with E-state index in [1.807, 2.05) is 24.3 Å². The normalized spacial score (nSPS) is 11.9. The van der Waals surface area contributed by atoms with Crippen LogP contribution in [0.4, 0.5) is 13.6 Å². The first-order valence-electron chi connectivity index (χ1n) is 7.95. The lowest BCUT2D eigenvalue weighted by molar-refractivity contribution is 0.183. The van der Waals surface area contributed by atoms with Gasteiger partial charge in [0.15, 0.2) is 0 Å². The van der Waals surface area contributed by atoms with Gasteiger partial charge in [0, 0.05) is 26.3 Å². The summed E-state index contributed by atoms with van der Waals surface area (Å²) in [5.41, 5.74) is 2.06. The molecule has 4 nitrogen and oxygen atoms in total. The van der Waals surface area contributed by atoms with Crippen molar-refractivity contribution in [3.63, 3.8) is 0 Å². The third kappa shape index (κ3) is 4.76. The van der Waals surface area contributed by atoms with Gasteiger partial charge in [0.05, 0.1) is 12.6 Å². The Morgan fingerprint density at radius 3 is 2.56 bits per heavy atom. The summed E-state index contributed by atoms with van der Waals surface area (Å²) in [5.74, 6) is -1.08. The van der Waals surface area contributed by atoms with Crippen molar-refractivity contribution in [2.45, 2.75) is 26.1 Å².